The molecule has 0 radical (unpaired) electrons. The maximum atomic E-state index is 13.5. The molecule has 0 fully saturated rings. The number of carbonyl (C=O) groups is 5. The molecule has 11 nitrogen and oxygen atoms in total. The van der Waals surface area contributed by atoms with Crippen molar-refractivity contribution < 1.29 is 33.4 Å². The van der Waals surface area contributed by atoms with Crippen molar-refractivity contribution in [1.29, 1.82) is 0 Å². The van der Waals surface area contributed by atoms with Crippen LogP contribution >= 0.6 is 0 Å². The van der Waals surface area contributed by atoms with Crippen molar-refractivity contribution in [3.8, 4) is 0 Å². The highest BCUT2D eigenvalue weighted by Crippen LogP contribution is 2.27. The number of ether oxygens (including phenoxy) is 2. The number of nitrogens with zero attached hydrogens (tertiary/aromatic N) is 1. The van der Waals surface area contributed by atoms with Gasteiger partial charge in [0.1, 0.15) is 12.6 Å². The van der Waals surface area contributed by atoms with Crippen LogP contribution in [-0.2, 0) is 28.7 Å². The molecule has 0 saturated carbocycles. The molecule has 0 saturated heterocycles. The van der Waals surface area contributed by atoms with Crippen LogP contribution in [0.25, 0.3) is 0 Å². The number of carbonyl (C=O) groups excluding carboxylic acids is 5. The minimum atomic E-state index is -1.13. The van der Waals surface area contributed by atoms with E-state index in [0.717, 1.165) is 4.90 Å². The van der Waals surface area contributed by atoms with Crippen LogP contribution in [0.15, 0.2) is 48.5 Å². The first-order valence-corrected chi connectivity index (χ1v) is 11.2. The van der Waals surface area contributed by atoms with Crippen LogP contribution < -0.4 is 16.4 Å². The maximum Gasteiger partial charge on any atom is 0.307 e. The number of nitrogen functional groups attached to an aromatic ring is 1. The lowest BCUT2D eigenvalue weighted by Gasteiger charge is -2.29. The van der Waals surface area contributed by atoms with Gasteiger partial charge in [0.2, 0.25) is 11.8 Å². The van der Waals surface area contributed by atoms with Gasteiger partial charge < -0.3 is 30.7 Å². The molecule has 1 heterocycles. The molecule has 0 aliphatic carbocycles. The predicted octanol–water partition coefficient (Wildman–Crippen LogP) is 1.41. The summed E-state index contributed by atoms with van der Waals surface area (Å²) in [7, 11) is 2.46. The summed E-state index contributed by atoms with van der Waals surface area (Å²) in [5, 5.41) is 5.43. The fraction of sp³-hybridized carbons (Fsp3) is 0.320. The Labute approximate surface area is 207 Å². The lowest BCUT2D eigenvalue weighted by molar-refractivity contribution is -0.142. The van der Waals surface area contributed by atoms with Crippen LogP contribution in [-0.4, -0.2) is 61.4 Å². The van der Waals surface area contributed by atoms with Crippen LogP contribution in [0.3, 0.4) is 0 Å². The Bertz CT molecular complexity index is 1150. The monoisotopic (exact) mass is 496 g/mol. The highest BCUT2D eigenvalue weighted by molar-refractivity contribution is 6.11. The van der Waals surface area contributed by atoms with Crippen LogP contribution in [0.5, 0.6) is 0 Å². The van der Waals surface area contributed by atoms with Crippen molar-refractivity contribution >= 4 is 41.0 Å². The number of hydrogen-bond donors (Lipinski definition) is 3. The minimum absolute atomic E-state index is 0.0642. The SMILES string of the molecule is COC(=O)CC[C@H]1C(=O)Nc2ccc(N)cc2C(=O)N1CC(=O)NC(CC(=O)OC)c1ccccc1. The average Bonchev–Trinajstić information content (AvgIpc) is 2.96. The van der Waals surface area contributed by atoms with E-state index in [1.807, 2.05) is 0 Å². The molecule has 0 bridgehead atoms. The Balaban J connectivity index is 1.89. The van der Waals surface area contributed by atoms with Crippen molar-refractivity contribution in [3.05, 3.63) is 59.7 Å². The highest BCUT2D eigenvalue weighted by atomic mass is 16.5. The van der Waals surface area contributed by atoms with Gasteiger partial charge in [-0.3, -0.25) is 24.0 Å². The Hall–Kier alpha value is -4.41. The van der Waals surface area contributed by atoms with Crippen LogP contribution in [0.1, 0.15) is 41.2 Å². The lowest BCUT2D eigenvalue weighted by atomic mass is 10.0. The number of fused-ring (bicyclic) bond motifs is 1. The lowest BCUT2D eigenvalue weighted by Crippen LogP contribution is -2.50. The molecule has 11 heteroatoms. The van der Waals surface area contributed by atoms with E-state index < -0.39 is 48.3 Å². The van der Waals surface area contributed by atoms with Crippen molar-refractivity contribution in [1.82, 2.24) is 10.2 Å². The van der Waals surface area contributed by atoms with Crippen molar-refractivity contribution in [2.45, 2.75) is 31.3 Å². The van der Waals surface area contributed by atoms with E-state index in [4.69, 9.17) is 10.5 Å². The number of benzene rings is 2. The number of amides is 3. The second-order valence-electron chi connectivity index (χ2n) is 8.17. The van der Waals surface area contributed by atoms with E-state index in [1.54, 1.807) is 30.3 Å². The minimum Gasteiger partial charge on any atom is -0.469 e. The summed E-state index contributed by atoms with van der Waals surface area (Å²) in [6, 6.07) is 11.4. The van der Waals surface area contributed by atoms with Gasteiger partial charge in [-0.05, 0) is 30.2 Å². The normalized spacial score (nSPS) is 15.7. The first-order chi connectivity index (χ1) is 17.2. The first kappa shape index (κ1) is 26.2. The molecular weight excluding hydrogens is 468 g/mol. The molecule has 0 aromatic heterocycles. The van der Waals surface area contributed by atoms with E-state index in [-0.39, 0.29) is 30.5 Å². The van der Waals surface area contributed by atoms with E-state index in [1.165, 1.54) is 32.4 Å². The topological polar surface area (TPSA) is 157 Å². The van der Waals surface area contributed by atoms with Gasteiger partial charge in [0, 0.05) is 12.1 Å². The fourth-order valence-corrected chi connectivity index (χ4v) is 3.91. The number of methoxy groups -OCH3 is 2. The molecule has 2 aromatic rings. The molecule has 36 heavy (non-hydrogen) atoms. The van der Waals surface area contributed by atoms with Gasteiger partial charge in [0.15, 0.2) is 0 Å². The molecule has 2 atom stereocenters. The number of hydrogen-bond acceptors (Lipinski definition) is 8. The van der Waals surface area contributed by atoms with Crippen molar-refractivity contribution in [3.63, 3.8) is 0 Å². The van der Waals surface area contributed by atoms with Gasteiger partial charge in [0.05, 0.1) is 37.9 Å². The molecule has 3 rings (SSSR count). The third-order valence-electron chi connectivity index (χ3n) is 5.77. The number of esters is 2. The second-order valence-corrected chi connectivity index (χ2v) is 8.17. The van der Waals surface area contributed by atoms with E-state index in [0.29, 0.717) is 11.3 Å². The highest BCUT2D eigenvalue weighted by Gasteiger charge is 2.37. The van der Waals surface area contributed by atoms with Crippen LogP contribution in [0.4, 0.5) is 11.4 Å². The van der Waals surface area contributed by atoms with Gasteiger partial charge in [-0.2, -0.15) is 0 Å². The molecule has 4 N–H and O–H groups in total. The van der Waals surface area contributed by atoms with E-state index in [2.05, 4.69) is 15.4 Å². The van der Waals surface area contributed by atoms with Gasteiger partial charge in [-0.1, -0.05) is 30.3 Å². The zero-order valence-corrected chi connectivity index (χ0v) is 20.0. The molecule has 3 amide bonds. The van der Waals surface area contributed by atoms with Gasteiger partial charge >= 0.3 is 11.9 Å². The predicted molar refractivity (Wildman–Crippen MR) is 130 cm³/mol. The van der Waals surface area contributed by atoms with E-state index >= 15 is 0 Å². The molecule has 0 spiro atoms. The Morgan fingerprint density at radius 1 is 1.06 bits per heavy atom. The molecule has 190 valence electrons. The summed E-state index contributed by atoms with van der Waals surface area (Å²) >= 11 is 0. The van der Waals surface area contributed by atoms with Crippen molar-refractivity contribution in [2.75, 3.05) is 31.8 Å². The quantitative estimate of drug-likeness (QED) is 0.347. The molecule has 1 aliphatic heterocycles. The molecular formula is C25H28N4O7. The van der Waals surface area contributed by atoms with Gasteiger partial charge in [-0.25, -0.2) is 0 Å². The van der Waals surface area contributed by atoms with Crippen molar-refractivity contribution in [2.24, 2.45) is 0 Å². The summed E-state index contributed by atoms with van der Waals surface area (Å²) in [4.78, 5) is 64.5. The maximum absolute atomic E-state index is 13.5. The fourth-order valence-electron chi connectivity index (χ4n) is 3.91. The number of nitrogens with one attached hydrogen (secondary N) is 2. The van der Waals surface area contributed by atoms with Crippen LogP contribution in [0, 0.1) is 0 Å². The summed E-state index contributed by atoms with van der Waals surface area (Å²) in [6.07, 6.45) is -0.343. The molecule has 1 unspecified atom stereocenters. The summed E-state index contributed by atoms with van der Waals surface area (Å²) < 4.78 is 9.41. The summed E-state index contributed by atoms with van der Waals surface area (Å²) in [5.74, 6) is -2.87. The average molecular weight is 497 g/mol. The molecule has 1 aliphatic rings. The largest absolute Gasteiger partial charge is 0.469 e. The molecule has 2 aromatic carbocycles. The Morgan fingerprint density at radius 2 is 1.75 bits per heavy atom. The zero-order chi connectivity index (χ0) is 26.2. The first-order valence-electron chi connectivity index (χ1n) is 11.2. The van der Waals surface area contributed by atoms with Gasteiger partial charge in [0.25, 0.3) is 5.91 Å². The number of anilines is 2. The smallest absolute Gasteiger partial charge is 0.307 e. The Kier molecular flexibility index (Phi) is 8.61. The zero-order valence-electron chi connectivity index (χ0n) is 20.0. The van der Waals surface area contributed by atoms with E-state index in [9.17, 15) is 24.0 Å². The third-order valence-corrected chi connectivity index (χ3v) is 5.77. The number of nitrogens with two attached hydrogens (primary N) is 1. The Morgan fingerprint density at radius 3 is 2.42 bits per heavy atom. The standard InChI is InChI=1S/C25H28N4O7/c1-35-22(31)11-10-20-24(33)28-18-9-8-16(26)12-17(18)25(34)29(20)14-21(30)27-19(13-23(32)36-2)15-6-4-3-5-7-15/h3-9,12,19-20H,10-11,13-14,26H2,1-2H3,(H,27,30)(H,28,33)/t19?,20-/m0/s1. The third kappa shape index (κ3) is 6.38. The summed E-state index contributed by atoms with van der Waals surface area (Å²) in [5.41, 5.74) is 7.18. The van der Waals surface area contributed by atoms with Gasteiger partial charge in [-0.15, -0.1) is 0 Å². The second kappa shape index (κ2) is 11.8. The van der Waals surface area contributed by atoms with Crippen LogP contribution in [0.2, 0.25) is 0 Å². The number of rotatable bonds is 9. The summed E-state index contributed by atoms with van der Waals surface area (Å²) in [6.45, 7) is -0.503.